The molecule has 0 unspecified atom stereocenters. The maximum absolute atomic E-state index is 13.5. The lowest BCUT2D eigenvalue weighted by Gasteiger charge is -2.07. The van der Waals surface area contributed by atoms with Crippen LogP contribution in [-0.4, -0.2) is 10.9 Å². The average molecular weight is 260 g/mol. The number of nitrogen functional groups attached to an aromatic ring is 1. The molecule has 1 aromatic heterocycles. The molecule has 1 amide bonds. The maximum atomic E-state index is 13.5. The number of benzene rings is 1. The van der Waals surface area contributed by atoms with Crippen LogP contribution in [0.15, 0.2) is 36.5 Å². The standard InChI is InChI=1S/C13H13FN4O/c1-8-2-4-10(14)11(6-8)17-13(19)9-3-5-12(18-15)16-7-9/h2-7H,15H2,1H3,(H,16,18)(H,17,19). The van der Waals surface area contributed by atoms with Crippen molar-refractivity contribution in [3.8, 4) is 0 Å². The Morgan fingerprint density at radius 1 is 1.32 bits per heavy atom. The van der Waals surface area contributed by atoms with Gasteiger partial charge in [-0.25, -0.2) is 15.2 Å². The predicted molar refractivity (Wildman–Crippen MR) is 71.1 cm³/mol. The van der Waals surface area contributed by atoms with Gasteiger partial charge in [-0.15, -0.1) is 0 Å². The first-order valence-electron chi connectivity index (χ1n) is 5.60. The predicted octanol–water partition coefficient (Wildman–Crippen LogP) is 2.07. The van der Waals surface area contributed by atoms with E-state index in [0.29, 0.717) is 11.4 Å². The number of aryl methyl sites for hydroxylation is 1. The molecule has 0 fully saturated rings. The number of pyridine rings is 1. The molecule has 0 spiro atoms. The van der Waals surface area contributed by atoms with Crippen LogP contribution in [0.5, 0.6) is 0 Å². The smallest absolute Gasteiger partial charge is 0.257 e. The molecule has 98 valence electrons. The van der Waals surface area contributed by atoms with Gasteiger partial charge in [0.15, 0.2) is 0 Å². The number of hydrogen-bond donors (Lipinski definition) is 3. The lowest BCUT2D eigenvalue weighted by molar-refractivity contribution is 0.102. The molecule has 1 heterocycles. The summed E-state index contributed by atoms with van der Waals surface area (Å²) in [5.41, 5.74) is 3.68. The fourth-order valence-electron chi connectivity index (χ4n) is 1.54. The maximum Gasteiger partial charge on any atom is 0.257 e. The highest BCUT2D eigenvalue weighted by molar-refractivity contribution is 6.04. The fourth-order valence-corrected chi connectivity index (χ4v) is 1.54. The van der Waals surface area contributed by atoms with E-state index in [-0.39, 0.29) is 5.69 Å². The lowest BCUT2D eigenvalue weighted by Crippen LogP contribution is -2.14. The van der Waals surface area contributed by atoms with Crippen LogP contribution < -0.4 is 16.6 Å². The van der Waals surface area contributed by atoms with Crippen LogP contribution >= 0.6 is 0 Å². The van der Waals surface area contributed by atoms with Crippen molar-refractivity contribution in [1.82, 2.24) is 4.98 Å². The van der Waals surface area contributed by atoms with E-state index in [1.54, 1.807) is 24.3 Å². The number of nitrogens with zero attached hydrogens (tertiary/aromatic N) is 1. The molecule has 2 rings (SSSR count). The third-order valence-electron chi connectivity index (χ3n) is 2.54. The van der Waals surface area contributed by atoms with Gasteiger partial charge in [0, 0.05) is 6.20 Å². The van der Waals surface area contributed by atoms with E-state index in [2.05, 4.69) is 15.7 Å². The molecular weight excluding hydrogens is 247 g/mol. The molecule has 0 atom stereocenters. The van der Waals surface area contributed by atoms with Crippen molar-refractivity contribution in [3.05, 3.63) is 53.5 Å². The normalized spacial score (nSPS) is 10.1. The van der Waals surface area contributed by atoms with Crippen molar-refractivity contribution in [1.29, 1.82) is 0 Å². The Hall–Kier alpha value is -2.47. The summed E-state index contributed by atoms with van der Waals surface area (Å²) in [4.78, 5) is 15.8. The largest absolute Gasteiger partial charge is 0.319 e. The fraction of sp³-hybridized carbons (Fsp3) is 0.0769. The average Bonchev–Trinajstić information content (AvgIpc) is 2.43. The summed E-state index contributed by atoms with van der Waals surface area (Å²) >= 11 is 0. The van der Waals surface area contributed by atoms with Crippen molar-refractivity contribution in [2.45, 2.75) is 6.92 Å². The first kappa shape index (κ1) is 13.0. The van der Waals surface area contributed by atoms with Crippen LogP contribution in [-0.2, 0) is 0 Å². The van der Waals surface area contributed by atoms with Crippen molar-refractivity contribution >= 4 is 17.4 Å². The molecule has 5 nitrogen and oxygen atoms in total. The number of carbonyl (C=O) groups excluding carboxylic acids is 1. The Morgan fingerprint density at radius 2 is 2.11 bits per heavy atom. The number of hydrogen-bond acceptors (Lipinski definition) is 4. The van der Waals surface area contributed by atoms with Gasteiger partial charge in [-0.1, -0.05) is 6.07 Å². The van der Waals surface area contributed by atoms with Crippen LogP contribution in [0.4, 0.5) is 15.9 Å². The summed E-state index contributed by atoms with van der Waals surface area (Å²) < 4.78 is 13.5. The highest BCUT2D eigenvalue weighted by atomic mass is 19.1. The summed E-state index contributed by atoms with van der Waals surface area (Å²) in [6.45, 7) is 1.82. The zero-order valence-corrected chi connectivity index (χ0v) is 10.3. The molecule has 2 aromatic rings. The van der Waals surface area contributed by atoms with Crippen molar-refractivity contribution in [2.24, 2.45) is 5.84 Å². The summed E-state index contributed by atoms with van der Waals surface area (Å²) in [6, 6.07) is 7.61. The summed E-state index contributed by atoms with van der Waals surface area (Å²) in [6.07, 6.45) is 1.36. The van der Waals surface area contributed by atoms with Gasteiger partial charge in [0.25, 0.3) is 5.91 Å². The lowest BCUT2D eigenvalue weighted by atomic mass is 10.2. The molecule has 1 aromatic carbocycles. The van der Waals surface area contributed by atoms with Crippen molar-refractivity contribution < 1.29 is 9.18 Å². The Morgan fingerprint density at radius 3 is 2.74 bits per heavy atom. The van der Waals surface area contributed by atoms with Gasteiger partial charge in [0.2, 0.25) is 0 Å². The van der Waals surface area contributed by atoms with Gasteiger partial charge in [-0.3, -0.25) is 4.79 Å². The SMILES string of the molecule is Cc1ccc(F)c(NC(=O)c2ccc(NN)nc2)c1. The number of nitrogens with two attached hydrogens (primary N) is 1. The number of carbonyl (C=O) groups is 1. The van der Waals surface area contributed by atoms with Crippen molar-refractivity contribution in [3.63, 3.8) is 0 Å². The molecule has 0 saturated carbocycles. The Labute approximate surface area is 109 Å². The van der Waals surface area contributed by atoms with Gasteiger partial charge in [-0.05, 0) is 36.8 Å². The second-order valence-corrected chi connectivity index (χ2v) is 4.01. The summed E-state index contributed by atoms with van der Waals surface area (Å²) in [5.74, 6) is 4.71. The molecule has 0 bridgehead atoms. The van der Waals surface area contributed by atoms with E-state index in [9.17, 15) is 9.18 Å². The molecule has 0 aliphatic carbocycles. The van der Waals surface area contributed by atoms with Gasteiger partial charge < -0.3 is 10.7 Å². The number of amides is 1. The first-order chi connectivity index (χ1) is 9.10. The summed E-state index contributed by atoms with van der Waals surface area (Å²) in [5, 5.41) is 2.50. The topological polar surface area (TPSA) is 80.0 Å². The molecule has 0 aliphatic heterocycles. The summed E-state index contributed by atoms with van der Waals surface area (Å²) in [7, 11) is 0. The Kier molecular flexibility index (Phi) is 3.72. The van der Waals surface area contributed by atoms with E-state index < -0.39 is 11.7 Å². The molecule has 0 aliphatic rings. The second kappa shape index (κ2) is 5.45. The van der Waals surface area contributed by atoms with Gasteiger partial charge in [-0.2, -0.15) is 0 Å². The molecular formula is C13H13FN4O. The van der Waals surface area contributed by atoms with Crippen LogP contribution in [0.25, 0.3) is 0 Å². The van der Waals surface area contributed by atoms with E-state index in [4.69, 9.17) is 5.84 Å². The number of anilines is 2. The monoisotopic (exact) mass is 260 g/mol. The number of nitrogens with one attached hydrogen (secondary N) is 2. The minimum absolute atomic E-state index is 0.144. The number of hydrazine groups is 1. The highest BCUT2D eigenvalue weighted by Crippen LogP contribution is 2.16. The van der Waals surface area contributed by atoms with Crippen LogP contribution in [0.3, 0.4) is 0 Å². The first-order valence-corrected chi connectivity index (χ1v) is 5.60. The van der Waals surface area contributed by atoms with Gasteiger partial charge in [0.05, 0.1) is 11.3 Å². The van der Waals surface area contributed by atoms with E-state index in [0.717, 1.165) is 5.56 Å². The third kappa shape index (κ3) is 3.05. The van der Waals surface area contributed by atoms with E-state index in [1.807, 2.05) is 6.92 Å². The Bertz CT molecular complexity index is 598. The molecule has 6 heteroatoms. The Balaban J connectivity index is 2.18. The molecule has 19 heavy (non-hydrogen) atoms. The van der Waals surface area contributed by atoms with E-state index in [1.165, 1.54) is 12.3 Å². The highest BCUT2D eigenvalue weighted by Gasteiger charge is 2.09. The second-order valence-electron chi connectivity index (χ2n) is 4.01. The third-order valence-corrected chi connectivity index (χ3v) is 2.54. The molecule has 4 N–H and O–H groups in total. The number of rotatable bonds is 3. The quantitative estimate of drug-likeness (QED) is 0.583. The number of halogens is 1. The van der Waals surface area contributed by atoms with Crippen LogP contribution in [0.1, 0.15) is 15.9 Å². The number of aromatic nitrogens is 1. The molecule has 0 radical (unpaired) electrons. The van der Waals surface area contributed by atoms with Crippen molar-refractivity contribution in [2.75, 3.05) is 10.7 Å². The van der Waals surface area contributed by atoms with E-state index >= 15 is 0 Å². The van der Waals surface area contributed by atoms with Crippen LogP contribution in [0, 0.1) is 12.7 Å². The van der Waals surface area contributed by atoms with Gasteiger partial charge in [0.1, 0.15) is 11.6 Å². The van der Waals surface area contributed by atoms with Gasteiger partial charge >= 0.3 is 0 Å². The minimum Gasteiger partial charge on any atom is -0.319 e. The van der Waals surface area contributed by atoms with Crippen LogP contribution in [0.2, 0.25) is 0 Å². The molecule has 0 saturated heterocycles. The minimum atomic E-state index is -0.479. The zero-order valence-electron chi connectivity index (χ0n) is 10.3. The zero-order chi connectivity index (χ0) is 13.8.